The van der Waals surface area contributed by atoms with Crippen LogP contribution in [0.5, 0.6) is 0 Å². The molecule has 0 fully saturated rings. The molecular weight excluding hydrogens is 464 g/mol. The lowest BCUT2D eigenvalue weighted by Crippen LogP contribution is -2.31. The van der Waals surface area contributed by atoms with Crippen LogP contribution in [0.1, 0.15) is 34.3 Å². The van der Waals surface area contributed by atoms with E-state index in [1.165, 1.54) is 17.3 Å². The van der Waals surface area contributed by atoms with Crippen LogP contribution in [0.3, 0.4) is 0 Å². The van der Waals surface area contributed by atoms with Crippen molar-refractivity contribution in [2.45, 2.75) is 12.5 Å². The Bertz CT molecular complexity index is 1060. The zero-order chi connectivity index (χ0) is 20.4. The number of rotatable bonds is 5. The number of amides is 1. The maximum absolute atomic E-state index is 12.8. The van der Waals surface area contributed by atoms with Gasteiger partial charge in [-0.15, -0.1) is 0 Å². The minimum absolute atomic E-state index is 0.000893. The standard InChI is InChI=1S/C20H14BrClN2O5/c21-18-8-7-17(29-18)20(26)28-11-19(25)24-15(16-2-1-9-27-16)10-14(23-24)12-3-5-13(22)6-4-12/h1-9,15H,10-11H2/t15-/m0/s1. The fourth-order valence-corrected chi connectivity index (χ4v) is 3.38. The number of ether oxygens (including phenoxy) is 1. The first-order valence-electron chi connectivity index (χ1n) is 8.62. The molecule has 1 aliphatic heterocycles. The van der Waals surface area contributed by atoms with E-state index in [1.807, 2.05) is 12.1 Å². The Morgan fingerprint density at radius 3 is 2.66 bits per heavy atom. The largest absolute Gasteiger partial charge is 0.467 e. The lowest BCUT2D eigenvalue weighted by molar-refractivity contribution is -0.136. The van der Waals surface area contributed by atoms with Crippen molar-refractivity contribution < 1.29 is 23.2 Å². The number of halogens is 2. The monoisotopic (exact) mass is 476 g/mol. The van der Waals surface area contributed by atoms with E-state index >= 15 is 0 Å². The SMILES string of the molecule is O=C(OCC(=O)N1N=C(c2ccc(Cl)cc2)C[C@H]1c1ccco1)c1ccc(Br)o1. The van der Waals surface area contributed by atoms with Crippen molar-refractivity contribution in [3.05, 3.63) is 81.6 Å². The molecule has 29 heavy (non-hydrogen) atoms. The first-order valence-corrected chi connectivity index (χ1v) is 9.79. The molecule has 0 saturated heterocycles. The summed E-state index contributed by atoms with van der Waals surface area (Å²) in [6.07, 6.45) is 1.99. The predicted octanol–water partition coefficient (Wildman–Crippen LogP) is 4.82. The number of carbonyl (C=O) groups excluding carboxylic acids is 2. The highest BCUT2D eigenvalue weighted by Crippen LogP contribution is 2.33. The van der Waals surface area contributed by atoms with E-state index in [0.717, 1.165) is 5.56 Å². The van der Waals surface area contributed by atoms with Crippen LogP contribution >= 0.6 is 27.5 Å². The topological polar surface area (TPSA) is 85.3 Å². The lowest BCUT2D eigenvalue weighted by atomic mass is 10.0. The van der Waals surface area contributed by atoms with Gasteiger partial charge in [0.2, 0.25) is 5.76 Å². The maximum Gasteiger partial charge on any atom is 0.374 e. The lowest BCUT2D eigenvalue weighted by Gasteiger charge is -2.19. The Morgan fingerprint density at radius 1 is 1.21 bits per heavy atom. The number of esters is 1. The molecule has 1 aromatic carbocycles. The van der Waals surface area contributed by atoms with Crippen molar-refractivity contribution >= 4 is 45.1 Å². The molecule has 3 aromatic rings. The molecule has 0 bridgehead atoms. The third-order valence-electron chi connectivity index (χ3n) is 4.32. The summed E-state index contributed by atoms with van der Waals surface area (Å²) in [5.41, 5.74) is 1.55. The molecule has 0 unspecified atom stereocenters. The van der Waals surface area contributed by atoms with E-state index in [1.54, 1.807) is 30.3 Å². The summed E-state index contributed by atoms with van der Waals surface area (Å²) in [7, 11) is 0. The molecule has 0 N–H and O–H groups in total. The molecule has 0 saturated carbocycles. The number of benzene rings is 1. The van der Waals surface area contributed by atoms with Crippen LogP contribution in [0.25, 0.3) is 0 Å². The van der Waals surface area contributed by atoms with Crippen LogP contribution < -0.4 is 0 Å². The van der Waals surface area contributed by atoms with Gasteiger partial charge in [0.25, 0.3) is 5.91 Å². The number of hydrogen-bond acceptors (Lipinski definition) is 6. The molecule has 3 heterocycles. The van der Waals surface area contributed by atoms with Gasteiger partial charge in [0.15, 0.2) is 11.3 Å². The van der Waals surface area contributed by atoms with Gasteiger partial charge in [-0.05, 0) is 57.9 Å². The van der Waals surface area contributed by atoms with Gasteiger partial charge in [-0.3, -0.25) is 4.79 Å². The van der Waals surface area contributed by atoms with E-state index in [0.29, 0.717) is 27.6 Å². The highest BCUT2D eigenvalue weighted by atomic mass is 79.9. The molecule has 0 radical (unpaired) electrons. The van der Waals surface area contributed by atoms with E-state index in [4.69, 9.17) is 25.2 Å². The Kier molecular flexibility index (Phi) is 5.55. The minimum atomic E-state index is -0.736. The number of hydrazone groups is 1. The molecular formula is C20H14BrClN2O5. The van der Waals surface area contributed by atoms with Crippen LogP contribution in [-0.4, -0.2) is 29.2 Å². The zero-order valence-corrected chi connectivity index (χ0v) is 17.2. The summed E-state index contributed by atoms with van der Waals surface area (Å²) in [5.74, 6) is -0.625. The summed E-state index contributed by atoms with van der Waals surface area (Å²) >= 11 is 9.06. The third kappa shape index (κ3) is 4.28. The van der Waals surface area contributed by atoms with Gasteiger partial charge in [0.05, 0.1) is 12.0 Å². The Morgan fingerprint density at radius 2 is 2.00 bits per heavy atom. The number of furan rings is 2. The second kappa shape index (κ2) is 8.26. The van der Waals surface area contributed by atoms with Crippen molar-refractivity contribution in [3.63, 3.8) is 0 Å². The summed E-state index contributed by atoms with van der Waals surface area (Å²) in [6.45, 7) is -0.480. The first kappa shape index (κ1) is 19.5. The molecule has 1 atom stereocenters. The van der Waals surface area contributed by atoms with Crippen LogP contribution in [0, 0.1) is 0 Å². The first-order chi connectivity index (χ1) is 14.0. The normalized spacial score (nSPS) is 16.0. The van der Waals surface area contributed by atoms with Crippen LogP contribution in [0.4, 0.5) is 0 Å². The second-order valence-electron chi connectivity index (χ2n) is 6.21. The average Bonchev–Trinajstić information content (AvgIpc) is 3.46. The summed E-state index contributed by atoms with van der Waals surface area (Å²) < 4.78 is 16.1. The Balaban J connectivity index is 1.52. The third-order valence-corrected chi connectivity index (χ3v) is 4.99. The molecule has 9 heteroatoms. The molecule has 0 aliphatic carbocycles. The van der Waals surface area contributed by atoms with Crippen molar-refractivity contribution in [1.29, 1.82) is 0 Å². The second-order valence-corrected chi connectivity index (χ2v) is 7.43. The zero-order valence-electron chi connectivity index (χ0n) is 14.9. The molecule has 4 rings (SSSR count). The van der Waals surface area contributed by atoms with Gasteiger partial charge in [-0.1, -0.05) is 23.7 Å². The Labute approximate surface area is 179 Å². The van der Waals surface area contributed by atoms with E-state index in [9.17, 15) is 9.59 Å². The highest BCUT2D eigenvalue weighted by Gasteiger charge is 2.35. The highest BCUT2D eigenvalue weighted by molar-refractivity contribution is 9.10. The summed E-state index contributed by atoms with van der Waals surface area (Å²) in [6, 6.07) is 13.3. The van der Waals surface area contributed by atoms with Gasteiger partial charge >= 0.3 is 5.97 Å². The fourth-order valence-electron chi connectivity index (χ4n) is 2.95. The molecule has 2 aromatic heterocycles. The maximum atomic E-state index is 12.8. The fraction of sp³-hybridized carbons (Fsp3) is 0.150. The van der Waals surface area contributed by atoms with E-state index in [-0.39, 0.29) is 5.76 Å². The van der Waals surface area contributed by atoms with Crippen LogP contribution in [-0.2, 0) is 9.53 Å². The predicted molar refractivity (Wildman–Crippen MR) is 108 cm³/mol. The van der Waals surface area contributed by atoms with E-state index < -0.39 is 24.5 Å². The smallest absolute Gasteiger partial charge is 0.374 e. The van der Waals surface area contributed by atoms with Crippen molar-refractivity contribution in [2.75, 3.05) is 6.61 Å². The van der Waals surface area contributed by atoms with Gasteiger partial charge < -0.3 is 13.6 Å². The van der Waals surface area contributed by atoms with Crippen LogP contribution in [0.2, 0.25) is 5.02 Å². The molecule has 7 nitrogen and oxygen atoms in total. The van der Waals surface area contributed by atoms with Gasteiger partial charge in [0, 0.05) is 11.4 Å². The number of nitrogens with zero attached hydrogens (tertiary/aromatic N) is 2. The summed E-state index contributed by atoms with van der Waals surface area (Å²) in [5, 5.41) is 6.35. The van der Waals surface area contributed by atoms with Crippen LogP contribution in [0.15, 0.2) is 73.4 Å². The Hall–Kier alpha value is -2.84. The quantitative estimate of drug-likeness (QED) is 0.492. The molecule has 1 aliphatic rings. The average molecular weight is 478 g/mol. The molecule has 148 valence electrons. The number of hydrogen-bond donors (Lipinski definition) is 0. The van der Waals surface area contributed by atoms with Gasteiger partial charge in [0.1, 0.15) is 11.8 Å². The molecule has 0 spiro atoms. The summed E-state index contributed by atoms with van der Waals surface area (Å²) in [4.78, 5) is 24.8. The van der Waals surface area contributed by atoms with Crippen molar-refractivity contribution in [1.82, 2.24) is 5.01 Å². The van der Waals surface area contributed by atoms with Crippen molar-refractivity contribution in [3.8, 4) is 0 Å². The minimum Gasteiger partial charge on any atom is -0.467 e. The van der Waals surface area contributed by atoms with Crippen molar-refractivity contribution in [2.24, 2.45) is 5.10 Å². The van der Waals surface area contributed by atoms with Gasteiger partial charge in [-0.25, -0.2) is 9.80 Å². The number of carbonyl (C=O) groups is 2. The molecule has 1 amide bonds. The van der Waals surface area contributed by atoms with E-state index in [2.05, 4.69) is 21.0 Å². The van der Waals surface area contributed by atoms with Gasteiger partial charge in [-0.2, -0.15) is 5.10 Å².